The molecule has 0 saturated carbocycles. The van der Waals surface area contributed by atoms with Gasteiger partial charge in [0.2, 0.25) is 0 Å². The first-order valence-electron chi connectivity index (χ1n) is 6.74. The fourth-order valence-electron chi connectivity index (χ4n) is 2.54. The normalized spacial score (nSPS) is 14.6. The summed E-state index contributed by atoms with van der Waals surface area (Å²) in [5.74, 6) is 2.35. The van der Waals surface area contributed by atoms with E-state index in [0.717, 1.165) is 17.1 Å². The van der Waals surface area contributed by atoms with Crippen LogP contribution in [-0.2, 0) is 0 Å². The van der Waals surface area contributed by atoms with Crippen molar-refractivity contribution in [3.63, 3.8) is 0 Å². The summed E-state index contributed by atoms with van der Waals surface area (Å²) < 4.78 is 0. The second kappa shape index (κ2) is 7.15. The molecule has 0 aliphatic heterocycles. The molecule has 0 fully saturated rings. The lowest BCUT2D eigenvalue weighted by molar-refractivity contribution is 0.506. The van der Waals surface area contributed by atoms with Crippen molar-refractivity contribution in [2.45, 2.75) is 53.6 Å². The number of thioether (sulfide) groups is 1. The van der Waals surface area contributed by atoms with E-state index in [1.807, 2.05) is 11.8 Å². The molecule has 102 valence electrons. The highest BCUT2D eigenvalue weighted by Crippen LogP contribution is 2.22. The van der Waals surface area contributed by atoms with E-state index in [0.29, 0.717) is 12.1 Å². The molecule has 2 nitrogen and oxygen atoms in total. The number of hydrogen-bond acceptors (Lipinski definition) is 3. The first kappa shape index (κ1) is 15.5. The van der Waals surface area contributed by atoms with Gasteiger partial charge in [-0.15, -0.1) is 0 Å². The Morgan fingerprint density at radius 2 is 1.94 bits per heavy atom. The zero-order chi connectivity index (χ0) is 13.7. The molecule has 0 aliphatic carbocycles. The predicted molar refractivity (Wildman–Crippen MR) is 82.5 cm³/mol. The zero-order valence-electron chi connectivity index (χ0n) is 12.5. The second-order valence-corrected chi connectivity index (χ2v) is 6.35. The summed E-state index contributed by atoms with van der Waals surface area (Å²) >= 11 is 1.99. The van der Waals surface area contributed by atoms with E-state index < -0.39 is 0 Å². The Balaban J connectivity index is 2.75. The largest absolute Gasteiger partial charge is 0.307 e. The summed E-state index contributed by atoms with van der Waals surface area (Å²) in [6.07, 6.45) is 0. The number of nitrogens with one attached hydrogen (secondary N) is 1. The van der Waals surface area contributed by atoms with Gasteiger partial charge >= 0.3 is 0 Å². The molecule has 0 spiro atoms. The van der Waals surface area contributed by atoms with E-state index in [2.05, 4.69) is 57.9 Å². The quantitative estimate of drug-likeness (QED) is 0.848. The fraction of sp³-hybridized carbons (Fsp3) is 0.667. The maximum atomic E-state index is 4.58. The van der Waals surface area contributed by atoms with Gasteiger partial charge in [0.15, 0.2) is 0 Å². The minimum Gasteiger partial charge on any atom is -0.307 e. The van der Waals surface area contributed by atoms with Gasteiger partial charge in [0.1, 0.15) is 0 Å². The Bertz CT molecular complexity index is 367. The first-order valence-corrected chi connectivity index (χ1v) is 7.89. The van der Waals surface area contributed by atoms with Crippen molar-refractivity contribution in [3.05, 3.63) is 28.6 Å². The van der Waals surface area contributed by atoms with Gasteiger partial charge in [-0.3, -0.25) is 4.98 Å². The molecule has 0 aromatic carbocycles. The van der Waals surface area contributed by atoms with E-state index >= 15 is 0 Å². The zero-order valence-corrected chi connectivity index (χ0v) is 13.3. The number of aromatic nitrogens is 1. The molecular formula is C15H26N2S. The molecule has 0 radical (unpaired) electrons. The summed E-state index contributed by atoms with van der Waals surface area (Å²) in [5, 5.41) is 3.67. The Morgan fingerprint density at radius 3 is 2.50 bits per heavy atom. The monoisotopic (exact) mass is 266 g/mol. The Kier molecular flexibility index (Phi) is 6.16. The topological polar surface area (TPSA) is 24.9 Å². The van der Waals surface area contributed by atoms with Crippen molar-refractivity contribution < 1.29 is 0 Å². The lowest BCUT2D eigenvalue weighted by Gasteiger charge is -2.23. The van der Waals surface area contributed by atoms with Gasteiger partial charge in [0.05, 0.1) is 0 Å². The van der Waals surface area contributed by atoms with Crippen LogP contribution < -0.4 is 5.32 Å². The van der Waals surface area contributed by atoms with Crippen LogP contribution in [0.4, 0.5) is 0 Å². The minimum absolute atomic E-state index is 0.366. The molecule has 0 saturated heterocycles. The van der Waals surface area contributed by atoms with Crippen molar-refractivity contribution in [1.29, 1.82) is 0 Å². The molecule has 18 heavy (non-hydrogen) atoms. The van der Waals surface area contributed by atoms with Crippen molar-refractivity contribution in [1.82, 2.24) is 10.3 Å². The van der Waals surface area contributed by atoms with Crippen molar-refractivity contribution >= 4 is 11.8 Å². The van der Waals surface area contributed by atoms with Gasteiger partial charge in [0, 0.05) is 29.2 Å². The first-order chi connectivity index (χ1) is 8.45. The predicted octanol–water partition coefficient (Wildman–Crippen LogP) is 3.80. The van der Waals surface area contributed by atoms with E-state index in [9.17, 15) is 0 Å². The number of nitrogens with zero attached hydrogens (tertiary/aromatic N) is 1. The summed E-state index contributed by atoms with van der Waals surface area (Å²) in [6.45, 7) is 13.0. The Labute approximate surface area is 116 Å². The standard InChI is InChI=1S/C15H26N2S/c1-7-18-9-12(4)17-14(6)15-10(2)8-11(3)16-13(15)5/h8,12,14,17H,7,9H2,1-6H3. The van der Waals surface area contributed by atoms with Crippen molar-refractivity contribution in [2.75, 3.05) is 11.5 Å². The number of aryl methyl sites for hydroxylation is 3. The SMILES string of the molecule is CCSCC(C)NC(C)c1c(C)cc(C)nc1C. The molecular weight excluding hydrogens is 240 g/mol. The molecule has 1 rings (SSSR count). The smallest absolute Gasteiger partial charge is 0.0426 e. The van der Waals surface area contributed by atoms with Gasteiger partial charge in [-0.1, -0.05) is 6.92 Å². The van der Waals surface area contributed by atoms with Crippen LogP contribution in [0.3, 0.4) is 0 Å². The molecule has 0 aliphatic rings. The maximum Gasteiger partial charge on any atom is 0.0426 e. The van der Waals surface area contributed by atoms with Gasteiger partial charge in [-0.05, 0) is 57.6 Å². The van der Waals surface area contributed by atoms with Gasteiger partial charge in [0.25, 0.3) is 0 Å². The molecule has 2 atom stereocenters. The van der Waals surface area contributed by atoms with Crippen molar-refractivity contribution in [3.8, 4) is 0 Å². The van der Waals surface area contributed by atoms with Crippen LogP contribution in [-0.4, -0.2) is 22.5 Å². The third-order valence-corrected chi connectivity index (χ3v) is 4.27. The van der Waals surface area contributed by atoms with E-state index in [-0.39, 0.29) is 0 Å². The summed E-state index contributed by atoms with van der Waals surface area (Å²) in [7, 11) is 0. The van der Waals surface area contributed by atoms with Crippen LogP contribution in [0.1, 0.15) is 49.3 Å². The van der Waals surface area contributed by atoms with Crippen LogP contribution in [0.5, 0.6) is 0 Å². The molecule has 1 aromatic heterocycles. The highest BCUT2D eigenvalue weighted by molar-refractivity contribution is 7.99. The van der Waals surface area contributed by atoms with Gasteiger partial charge in [-0.2, -0.15) is 11.8 Å². The summed E-state index contributed by atoms with van der Waals surface area (Å²) in [6, 6.07) is 3.07. The van der Waals surface area contributed by atoms with Crippen LogP contribution in [0, 0.1) is 20.8 Å². The summed E-state index contributed by atoms with van der Waals surface area (Å²) in [5.41, 5.74) is 4.96. The number of rotatable bonds is 6. The average Bonchev–Trinajstić information content (AvgIpc) is 2.24. The maximum absolute atomic E-state index is 4.58. The van der Waals surface area contributed by atoms with E-state index in [4.69, 9.17) is 0 Å². The molecule has 0 amide bonds. The average molecular weight is 266 g/mol. The Hall–Kier alpha value is -0.540. The fourth-order valence-corrected chi connectivity index (χ4v) is 3.23. The van der Waals surface area contributed by atoms with Crippen molar-refractivity contribution in [2.24, 2.45) is 0 Å². The lowest BCUT2D eigenvalue weighted by Crippen LogP contribution is -2.31. The molecule has 0 bridgehead atoms. The molecule has 3 heteroatoms. The Morgan fingerprint density at radius 1 is 1.28 bits per heavy atom. The van der Waals surface area contributed by atoms with E-state index in [1.54, 1.807) is 0 Å². The summed E-state index contributed by atoms with van der Waals surface area (Å²) in [4.78, 5) is 4.58. The van der Waals surface area contributed by atoms with Gasteiger partial charge < -0.3 is 5.32 Å². The lowest BCUT2D eigenvalue weighted by atomic mass is 10.00. The second-order valence-electron chi connectivity index (χ2n) is 5.03. The van der Waals surface area contributed by atoms with Crippen LogP contribution in [0.25, 0.3) is 0 Å². The van der Waals surface area contributed by atoms with Crippen LogP contribution in [0.15, 0.2) is 6.07 Å². The molecule has 2 unspecified atom stereocenters. The highest BCUT2D eigenvalue weighted by Gasteiger charge is 2.14. The number of hydrogen-bond donors (Lipinski definition) is 1. The highest BCUT2D eigenvalue weighted by atomic mass is 32.2. The molecule has 1 heterocycles. The number of pyridine rings is 1. The van der Waals surface area contributed by atoms with Crippen LogP contribution in [0.2, 0.25) is 0 Å². The van der Waals surface area contributed by atoms with E-state index in [1.165, 1.54) is 16.9 Å². The molecule has 1 aromatic rings. The minimum atomic E-state index is 0.366. The van der Waals surface area contributed by atoms with Gasteiger partial charge in [-0.25, -0.2) is 0 Å². The molecule has 1 N–H and O–H groups in total. The third-order valence-electron chi connectivity index (χ3n) is 3.12. The van der Waals surface area contributed by atoms with Crippen LogP contribution >= 0.6 is 11.8 Å². The third kappa shape index (κ3) is 4.29.